The van der Waals surface area contributed by atoms with Gasteiger partial charge >= 0.3 is 0 Å². The second-order valence-corrected chi connectivity index (χ2v) is 6.69. The van der Waals surface area contributed by atoms with E-state index in [2.05, 4.69) is 28.0 Å². The first-order valence-electron chi connectivity index (χ1n) is 8.61. The largest absolute Gasteiger partial charge is 0.338 e. The highest BCUT2D eigenvalue weighted by atomic mass is 16.5. The normalized spacial score (nSPS) is 19.2. The summed E-state index contributed by atoms with van der Waals surface area (Å²) in [5.74, 6) is 1.55. The highest BCUT2D eigenvalue weighted by molar-refractivity contribution is 6.07. The van der Waals surface area contributed by atoms with Crippen molar-refractivity contribution in [1.82, 2.24) is 10.1 Å². The summed E-state index contributed by atoms with van der Waals surface area (Å²) in [6.07, 6.45) is 3.36. The second-order valence-electron chi connectivity index (χ2n) is 6.69. The molecule has 0 bridgehead atoms. The topological polar surface area (TPSA) is 62.5 Å². The number of carbonyl (C=O) groups excluding carboxylic acids is 1. The Bertz CT molecular complexity index is 762. The average Bonchev–Trinajstić information content (AvgIpc) is 3.16. The van der Waals surface area contributed by atoms with Crippen LogP contribution in [0.1, 0.15) is 37.6 Å². The molecule has 0 saturated carbocycles. The number of likely N-dealkylation sites (N-methyl/N-ethyl adjacent to an activating group) is 1. The van der Waals surface area contributed by atoms with E-state index in [0.29, 0.717) is 11.8 Å². The minimum atomic E-state index is -0.391. The monoisotopic (exact) mass is 326 g/mol. The van der Waals surface area contributed by atoms with Crippen molar-refractivity contribution in [2.24, 2.45) is 0 Å². The van der Waals surface area contributed by atoms with Gasteiger partial charge in [-0.25, -0.2) is 0 Å². The van der Waals surface area contributed by atoms with Crippen molar-refractivity contribution in [3.8, 4) is 0 Å². The molecule has 1 fully saturated rings. The number of hydrogen-bond donors (Lipinski definition) is 0. The van der Waals surface area contributed by atoms with E-state index in [1.165, 1.54) is 0 Å². The summed E-state index contributed by atoms with van der Waals surface area (Å²) < 4.78 is 5.29. The highest BCUT2D eigenvalue weighted by Crippen LogP contribution is 2.47. The van der Waals surface area contributed by atoms with Gasteiger partial charge in [-0.1, -0.05) is 25.1 Å². The van der Waals surface area contributed by atoms with Gasteiger partial charge in [-0.05, 0) is 36.0 Å². The number of carbonyl (C=O) groups is 1. The molecule has 1 aromatic heterocycles. The van der Waals surface area contributed by atoms with E-state index >= 15 is 0 Å². The Labute approximate surface area is 141 Å². The third-order valence-electron chi connectivity index (χ3n) is 5.32. The number of fused-ring (bicyclic) bond motifs is 2. The fourth-order valence-corrected chi connectivity index (χ4v) is 3.98. The predicted molar refractivity (Wildman–Crippen MR) is 91.3 cm³/mol. The number of anilines is 2. The van der Waals surface area contributed by atoms with Gasteiger partial charge in [0.2, 0.25) is 11.8 Å². The molecule has 4 rings (SSSR count). The predicted octanol–water partition coefficient (Wildman–Crippen LogP) is 2.54. The van der Waals surface area contributed by atoms with E-state index in [-0.39, 0.29) is 5.91 Å². The van der Waals surface area contributed by atoms with Crippen LogP contribution in [-0.4, -0.2) is 36.2 Å². The van der Waals surface area contributed by atoms with Gasteiger partial charge in [0.25, 0.3) is 5.95 Å². The summed E-state index contributed by atoms with van der Waals surface area (Å²) in [4.78, 5) is 21.3. The van der Waals surface area contributed by atoms with Crippen LogP contribution < -0.4 is 9.80 Å². The molecule has 126 valence electrons. The van der Waals surface area contributed by atoms with Gasteiger partial charge in [0.1, 0.15) is 0 Å². The van der Waals surface area contributed by atoms with Gasteiger partial charge in [-0.3, -0.25) is 4.79 Å². The summed E-state index contributed by atoms with van der Waals surface area (Å²) in [6, 6.07) is 8.14. The van der Waals surface area contributed by atoms with Crippen LogP contribution >= 0.6 is 0 Å². The summed E-state index contributed by atoms with van der Waals surface area (Å²) >= 11 is 0. The van der Waals surface area contributed by atoms with Crippen molar-refractivity contribution in [3.05, 3.63) is 35.7 Å². The molecule has 6 heteroatoms. The molecule has 0 atom stereocenters. The first kappa shape index (κ1) is 15.2. The van der Waals surface area contributed by atoms with E-state index in [1.54, 1.807) is 4.90 Å². The third-order valence-corrected chi connectivity index (χ3v) is 5.32. The summed E-state index contributed by atoms with van der Waals surface area (Å²) in [5.41, 5.74) is 1.82. The lowest BCUT2D eigenvalue weighted by molar-refractivity contribution is -0.123. The zero-order valence-corrected chi connectivity index (χ0v) is 14.2. The molecule has 2 aliphatic heterocycles. The molecule has 24 heavy (non-hydrogen) atoms. The number of piperidine rings is 1. The molecule has 0 N–H and O–H groups in total. The van der Waals surface area contributed by atoms with Crippen molar-refractivity contribution in [2.75, 3.05) is 29.9 Å². The Balaban J connectivity index is 1.56. The Morgan fingerprint density at radius 2 is 2.00 bits per heavy atom. The van der Waals surface area contributed by atoms with Crippen molar-refractivity contribution in [2.45, 2.75) is 38.0 Å². The number of nitrogens with zero attached hydrogens (tertiary/aromatic N) is 4. The molecule has 1 spiro atoms. The molecule has 1 aromatic carbocycles. The van der Waals surface area contributed by atoms with Gasteiger partial charge in [0.05, 0.1) is 5.41 Å². The van der Waals surface area contributed by atoms with Crippen molar-refractivity contribution in [1.29, 1.82) is 0 Å². The van der Waals surface area contributed by atoms with Crippen LogP contribution in [0.15, 0.2) is 28.8 Å². The van der Waals surface area contributed by atoms with Crippen LogP contribution in [0.2, 0.25) is 0 Å². The van der Waals surface area contributed by atoms with Crippen molar-refractivity contribution < 1.29 is 9.32 Å². The molecular formula is C18H22N4O2. The molecule has 1 saturated heterocycles. The lowest BCUT2D eigenvalue weighted by Gasteiger charge is -2.37. The number of rotatable bonds is 3. The van der Waals surface area contributed by atoms with Crippen molar-refractivity contribution in [3.63, 3.8) is 0 Å². The number of aryl methyl sites for hydroxylation is 1. The van der Waals surface area contributed by atoms with Crippen LogP contribution in [0.5, 0.6) is 0 Å². The zero-order valence-electron chi connectivity index (χ0n) is 14.2. The number of hydrogen-bond acceptors (Lipinski definition) is 5. The Hall–Kier alpha value is -2.37. The minimum Gasteiger partial charge on any atom is -0.338 e. The Morgan fingerprint density at radius 3 is 2.75 bits per heavy atom. The quantitative estimate of drug-likeness (QED) is 0.867. The standard InChI is InChI=1S/C18H22N4O2/c1-3-6-15-19-17(20-24-15)22-11-9-18(10-12-22)13-7-4-5-8-14(13)21(2)16(18)23/h4-5,7-8H,3,6,9-12H2,1-2H3. The zero-order chi connectivity index (χ0) is 16.7. The van der Waals surface area contributed by atoms with Crippen LogP contribution in [-0.2, 0) is 16.6 Å². The van der Waals surface area contributed by atoms with Crippen molar-refractivity contribution >= 4 is 17.5 Å². The number of para-hydroxylation sites is 1. The van der Waals surface area contributed by atoms with E-state index in [4.69, 9.17) is 4.52 Å². The fourth-order valence-electron chi connectivity index (χ4n) is 3.98. The lowest BCUT2D eigenvalue weighted by atomic mass is 9.74. The van der Waals surface area contributed by atoms with Gasteiger partial charge in [-0.2, -0.15) is 4.98 Å². The maximum atomic E-state index is 12.9. The Morgan fingerprint density at radius 1 is 1.25 bits per heavy atom. The maximum absolute atomic E-state index is 12.9. The SMILES string of the molecule is CCCc1nc(N2CCC3(CC2)C(=O)N(C)c2ccccc23)no1. The van der Waals surface area contributed by atoms with E-state index < -0.39 is 5.41 Å². The molecule has 2 aliphatic rings. The first-order chi connectivity index (χ1) is 11.7. The van der Waals surface area contributed by atoms with Gasteiger partial charge < -0.3 is 14.3 Å². The molecule has 2 aromatic rings. The molecule has 0 unspecified atom stereocenters. The summed E-state index contributed by atoms with van der Waals surface area (Å²) in [7, 11) is 1.87. The average molecular weight is 326 g/mol. The third kappa shape index (κ3) is 2.12. The van der Waals surface area contributed by atoms with Gasteiger partial charge in [0.15, 0.2) is 0 Å². The number of aromatic nitrogens is 2. The number of amides is 1. The van der Waals surface area contributed by atoms with Crippen LogP contribution in [0.25, 0.3) is 0 Å². The van der Waals surface area contributed by atoms with E-state index in [9.17, 15) is 4.79 Å². The van der Waals surface area contributed by atoms with Crippen LogP contribution in [0.3, 0.4) is 0 Å². The minimum absolute atomic E-state index is 0.211. The number of benzene rings is 1. The van der Waals surface area contributed by atoms with Crippen LogP contribution in [0, 0.1) is 0 Å². The van der Waals surface area contributed by atoms with E-state index in [1.807, 2.05) is 25.2 Å². The summed E-state index contributed by atoms with van der Waals surface area (Å²) in [6.45, 7) is 3.62. The summed E-state index contributed by atoms with van der Waals surface area (Å²) in [5, 5.41) is 4.10. The molecule has 6 nitrogen and oxygen atoms in total. The highest BCUT2D eigenvalue weighted by Gasteiger charge is 2.51. The molecule has 3 heterocycles. The molecule has 0 radical (unpaired) electrons. The molecule has 0 aliphatic carbocycles. The second kappa shape index (κ2) is 5.61. The van der Waals surface area contributed by atoms with Crippen LogP contribution in [0.4, 0.5) is 11.6 Å². The maximum Gasteiger partial charge on any atom is 0.266 e. The fraction of sp³-hybridized carbons (Fsp3) is 0.500. The lowest BCUT2D eigenvalue weighted by Crippen LogP contribution is -2.48. The Kier molecular flexibility index (Phi) is 3.55. The van der Waals surface area contributed by atoms with E-state index in [0.717, 1.165) is 50.0 Å². The first-order valence-corrected chi connectivity index (χ1v) is 8.61. The molecular weight excluding hydrogens is 304 g/mol. The smallest absolute Gasteiger partial charge is 0.266 e. The molecule has 1 amide bonds. The van der Waals surface area contributed by atoms with Gasteiger partial charge in [0, 0.05) is 32.2 Å². The van der Waals surface area contributed by atoms with Gasteiger partial charge in [-0.15, -0.1) is 0 Å².